The van der Waals surface area contributed by atoms with E-state index in [2.05, 4.69) is 6.58 Å². The smallest absolute Gasteiger partial charge is 0.171 e. The van der Waals surface area contributed by atoms with E-state index in [9.17, 15) is 4.57 Å². The topological polar surface area (TPSA) is 17.1 Å². The Morgan fingerprint density at radius 2 is 1.17 bits per heavy atom. The van der Waals surface area contributed by atoms with Gasteiger partial charge in [-0.2, -0.15) is 0 Å². The van der Waals surface area contributed by atoms with Crippen LogP contribution in [0.15, 0.2) is 91.5 Å². The molecule has 0 aliphatic heterocycles. The van der Waals surface area contributed by atoms with Gasteiger partial charge in [-0.15, -0.1) is 0 Å². The van der Waals surface area contributed by atoms with E-state index in [1.165, 1.54) is 0 Å². The molecule has 0 N–H and O–H groups in total. The van der Waals surface area contributed by atoms with Crippen LogP contribution >= 0.6 is 7.14 Å². The highest BCUT2D eigenvalue weighted by Crippen LogP contribution is 2.56. The van der Waals surface area contributed by atoms with Gasteiger partial charge < -0.3 is 4.57 Å². The lowest BCUT2D eigenvalue weighted by Crippen LogP contribution is -2.16. The molecule has 0 aliphatic carbocycles. The first-order valence-corrected chi connectivity index (χ1v) is 9.31. The van der Waals surface area contributed by atoms with Gasteiger partial charge in [0.15, 0.2) is 7.14 Å². The average Bonchev–Trinajstić information content (AvgIpc) is 2.62. The molecule has 0 fully saturated rings. The van der Waals surface area contributed by atoms with Gasteiger partial charge in [0.05, 0.1) is 0 Å². The summed E-state index contributed by atoms with van der Waals surface area (Å²) >= 11 is 0. The molecule has 23 heavy (non-hydrogen) atoms. The Morgan fingerprint density at radius 1 is 0.739 bits per heavy atom. The van der Waals surface area contributed by atoms with Crippen molar-refractivity contribution in [3.8, 4) is 0 Å². The van der Waals surface area contributed by atoms with E-state index >= 15 is 0 Å². The lowest BCUT2D eigenvalue weighted by molar-refractivity contribution is 0.593. The number of hydrogen-bond acceptors (Lipinski definition) is 1. The third-order valence-electron chi connectivity index (χ3n) is 4.08. The van der Waals surface area contributed by atoms with E-state index in [0.717, 1.165) is 21.7 Å². The Balaban J connectivity index is 2.24. The van der Waals surface area contributed by atoms with Crippen LogP contribution in [-0.2, 0) is 4.57 Å². The molecule has 0 amide bonds. The quantitative estimate of drug-likeness (QED) is 0.620. The number of benzene rings is 3. The lowest BCUT2D eigenvalue weighted by Gasteiger charge is -2.23. The molecule has 0 atom stereocenters. The summed E-state index contributed by atoms with van der Waals surface area (Å²) in [7, 11) is -2.96. The van der Waals surface area contributed by atoms with Gasteiger partial charge in [-0.3, -0.25) is 0 Å². The largest absolute Gasteiger partial charge is 0.309 e. The van der Waals surface area contributed by atoms with Crippen molar-refractivity contribution in [1.82, 2.24) is 0 Å². The van der Waals surface area contributed by atoms with Gasteiger partial charge in [-0.25, -0.2) is 0 Å². The van der Waals surface area contributed by atoms with Crippen LogP contribution in [0.1, 0.15) is 11.1 Å². The fraction of sp³-hybridized carbons (Fsp3) is 0.0476. The average molecular weight is 318 g/mol. The van der Waals surface area contributed by atoms with Crippen molar-refractivity contribution in [2.45, 2.75) is 6.92 Å². The van der Waals surface area contributed by atoms with Crippen LogP contribution in [0.25, 0.3) is 5.31 Å². The van der Waals surface area contributed by atoms with Gasteiger partial charge in [0, 0.05) is 15.9 Å². The van der Waals surface area contributed by atoms with E-state index < -0.39 is 7.14 Å². The fourth-order valence-electron chi connectivity index (χ4n) is 2.80. The first kappa shape index (κ1) is 15.5. The summed E-state index contributed by atoms with van der Waals surface area (Å²) in [5.74, 6) is 0. The molecular weight excluding hydrogens is 299 g/mol. The summed E-state index contributed by atoms with van der Waals surface area (Å²) < 4.78 is 14.2. The second-order valence-corrected chi connectivity index (χ2v) is 8.33. The summed E-state index contributed by atoms with van der Waals surface area (Å²) in [4.78, 5) is 0. The molecule has 3 aromatic rings. The van der Waals surface area contributed by atoms with Crippen LogP contribution in [0.2, 0.25) is 0 Å². The summed E-state index contributed by atoms with van der Waals surface area (Å²) in [5, 5.41) is 2.33. The van der Waals surface area contributed by atoms with Crippen molar-refractivity contribution >= 4 is 23.1 Å². The van der Waals surface area contributed by atoms with Gasteiger partial charge in [0.2, 0.25) is 0 Å². The second-order valence-electron chi connectivity index (χ2n) is 5.54. The minimum Gasteiger partial charge on any atom is -0.309 e. The highest BCUT2D eigenvalue weighted by Gasteiger charge is 2.31. The molecule has 0 aromatic heterocycles. The maximum atomic E-state index is 14.2. The minimum atomic E-state index is -2.96. The van der Waals surface area contributed by atoms with Crippen molar-refractivity contribution in [1.29, 1.82) is 0 Å². The van der Waals surface area contributed by atoms with Crippen molar-refractivity contribution in [2.24, 2.45) is 0 Å². The second kappa shape index (κ2) is 6.40. The zero-order valence-electron chi connectivity index (χ0n) is 13.1. The van der Waals surface area contributed by atoms with Crippen LogP contribution in [0.3, 0.4) is 0 Å². The van der Waals surface area contributed by atoms with Crippen molar-refractivity contribution in [3.63, 3.8) is 0 Å². The highest BCUT2D eigenvalue weighted by molar-refractivity contribution is 7.87. The van der Waals surface area contributed by atoms with Gasteiger partial charge in [0.25, 0.3) is 0 Å². The molecule has 0 saturated carbocycles. The molecular formula is C21H19OP. The number of rotatable bonds is 4. The molecule has 0 spiro atoms. The third-order valence-corrected chi connectivity index (χ3v) is 7.13. The summed E-state index contributed by atoms with van der Waals surface area (Å²) in [6, 6.07) is 27.3. The zero-order chi connectivity index (χ0) is 16.3. The van der Waals surface area contributed by atoms with E-state index in [1.54, 1.807) is 0 Å². The predicted octanol–water partition coefficient (Wildman–Crippen LogP) is 4.98. The van der Waals surface area contributed by atoms with E-state index in [1.807, 2.05) is 91.9 Å². The SMILES string of the molecule is C=C(c1ccccc1C)P(=O)(c1ccccc1)c1ccccc1. The minimum absolute atomic E-state index is 0.688. The van der Waals surface area contributed by atoms with E-state index in [4.69, 9.17) is 0 Å². The van der Waals surface area contributed by atoms with Crippen LogP contribution in [0, 0.1) is 6.92 Å². The van der Waals surface area contributed by atoms with Crippen molar-refractivity contribution < 1.29 is 4.57 Å². The third kappa shape index (κ3) is 2.81. The lowest BCUT2D eigenvalue weighted by atomic mass is 10.1. The number of hydrogen-bond donors (Lipinski definition) is 0. The molecule has 0 radical (unpaired) electrons. The fourth-order valence-corrected chi connectivity index (χ4v) is 5.50. The van der Waals surface area contributed by atoms with Crippen LogP contribution in [-0.4, -0.2) is 0 Å². The van der Waals surface area contributed by atoms with Gasteiger partial charge >= 0.3 is 0 Å². The highest BCUT2D eigenvalue weighted by atomic mass is 31.2. The summed E-state index contributed by atoms with van der Waals surface area (Å²) in [6.07, 6.45) is 0. The van der Waals surface area contributed by atoms with Crippen LogP contribution in [0.4, 0.5) is 0 Å². The molecule has 3 rings (SSSR count). The Labute approximate surface area is 137 Å². The molecule has 2 heteroatoms. The van der Waals surface area contributed by atoms with Crippen LogP contribution in [0.5, 0.6) is 0 Å². The van der Waals surface area contributed by atoms with Gasteiger partial charge in [-0.1, -0.05) is 91.5 Å². The molecule has 0 unspecified atom stereocenters. The Morgan fingerprint density at radius 3 is 1.65 bits per heavy atom. The molecule has 0 heterocycles. The summed E-state index contributed by atoms with van der Waals surface area (Å²) in [5.41, 5.74) is 2.05. The number of aryl methyl sites for hydroxylation is 1. The first-order valence-electron chi connectivity index (χ1n) is 7.61. The van der Waals surface area contributed by atoms with E-state index in [-0.39, 0.29) is 0 Å². The molecule has 3 aromatic carbocycles. The van der Waals surface area contributed by atoms with Crippen molar-refractivity contribution in [3.05, 3.63) is 103 Å². The molecule has 0 aliphatic rings. The molecule has 0 saturated heterocycles. The standard InChI is InChI=1S/C21H19OP/c1-17-11-9-10-16-21(17)18(2)23(22,19-12-5-3-6-13-19)20-14-7-4-8-15-20/h3-16H,2H2,1H3. The zero-order valence-corrected chi connectivity index (χ0v) is 14.0. The molecule has 114 valence electrons. The molecule has 0 bridgehead atoms. The maximum Gasteiger partial charge on any atom is 0.171 e. The monoisotopic (exact) mass is 318 g/mol. The Hall–Kier alpha value is -2.37. The van der Waals surface area contributed by atoms with Crippen LogP contribution < -0.4 is 10.6 Å². The van der Waals surface area contributed by atoms with Gasteiger partial charge in [0.1, 0.15) is 0 Å². The van der Waals surface area contributed by atoms with Gasteiger partial charge in [-0.05, 0) is 18.1 Å². The molecule has 1 nitrogen and oxygen atoms in total. The predicted molar refractivity (Wildman–Crippen MR) is 100.0 cm³/mol. The summed E-state index contributed by atoms with van der Waals surface area (Å²) in [6.45, 7) is 6.28. The maximum absolute atomic E-state index is 14.2. The normalized spacial score (nSPS) is 11.2. The Kier molecular flexibility index (Phi) is 4.32. The van der Waals surface area contributed by atoms with Crippen molar-refractivity contribution in [2.75, 3.05) is 0 Å². The van der Waals surface area contributed by atoms with E-state index in [0.29, 0.717) is 5.31 Å². The Bertz CT molecular complexity index is 823. The first-order chi connectivity index (χ1) is 11.1.